The number of aliphatic hydroxyl groups excluding tert-OH is 1. The Bertz CT molecular complexity index is 342. The van der Waals surface area contributed by atoms with Crippen molar-refractivity contribution in [2.45, 2.75) is 45.4 Å². The molecule has 0 aliphatic heterocycles. The molecule has 0 saturated heterocycles. The zero-order valence-electron chi connectivity index (χ0n) is 10.4. The molecule has 0 bridgehead atoms. The molecular formula is C13H21NO2. The van der Waals surface area contributed by atoms with Crippen LogP contribution in [-0.2, 0) is 0 Å². The summed E-state index contributed by atoms with van der Waals surface area (Å²) < 4.78 is 0. The first-order valence-electron chi connectivity index (χ1n) is 5.58. The zero-order chi connectivity index (χ0) is 12.3. The third kappa shape index (κ3) is 3.22. The highest BCUT2D eigenvalue weighted by Gasteiger charge is 2.22. The summed E-state index contributed by atoms with van der Waals surface area (Å²) in [4.78, 5) is 0. The number of rotatable bonds is 4. The SMILES string of the molecule is CC(O)c1ccccc1NC(C)C(C)(C)O. The van der Waals surface area contributed by atoms with Crippen molar-refractivity contribution in [3.63, 3.8) is 0 Å². The molecule has 0 amide bonds. The van der Waals surface area contributed by atoms with E-state index in [2.05, 4.69) is 5.32 Å². The van der Waals surface area contributed by atoms with E-state index in [0.29, 0.717) is 0 Å². The smallest absolute Gasteiger partial charge is 0.0789 e. The summed E-state index contributed by atoms with van der Waals surface area (Å²) in [5.74, 6) is 0. The normalized spacial score (nSPS) is 15.6. The molecule has 0 heterocycles. The predicted octanol–water partition coefficient (Wildman–Crippen LogP) is 2.31. The van der Waals surface area contributed by atoms with E-state index in [-0.39, 0.29) is 6.04 Å². The van der Waals surface area contributed by atoms with Crippen molar-refractivity contribution < 1.29 is 10.2 Å². The molecule has 0 radical (unpaired) electrons. The maximum atomic E-state index is 9.85. The average molecular weight is 223 g/mol. The van der Waals surface area contributed by atoms with Crippen LogP contribution in [-0.4, -0.2) is 21.9 Å². The summed E-state index contributed by atoms with van der Waals surface area (Å²) in [7, 11) is 0. The van der Waals surface area contributed by atoms with Crippen LogP contribution < -0.4 is 5.32 Å². The first-order valence-corrected chi connectivity index (χ1v) is 5.58. The van der Waals surface area contributed by atoms with Gasteiger partial charge in [0.15, 0.2) is 0 Å². The van der Waals surface area contributed by atoms with Crippen LogP contribution in [0, 0.1) is 0 Å². The molecule has 0 fully saturated rings. The van der Waals surface area contributed by atoms with Gasteiger partial charge in [-0.05, 0) is 33.8 Å². The molecule has 2 atom stereocenters. The molecule has 1 rings (SSSR count). The second-order valence-corrected chi connectivity index (χ2v) is 4.78. The number of hydrogen-bond acceptors (Lipinski definition) is 3. The maximum absolute atomic E-state index is 9.85. The van der Waals surface area contributed by atoms with E-state index in [0.717, 1.165) is 11.3 Å². The fourth-order valence-corrected chi connectivity index (χ4v) is 1.40. The summed E-state index contributed by atoms with van der Waals surface area (Å²) in [5.41, 5.74) is 0.914. The highest BCUT2D eigenvalue weighted by molar-refractivity contribution is 5.52. The minimum Gasteiger partial charge on any atom is -0.389 e. The lowest BCUT2D eigenvalue weighted by molar-refractivity contribution is 0.0648. The van der Waals surface area contributed by atoms with Gasteiger partial charge in [0.05, 0.1) is 17.7 Å². The molecule has 90 valence electrons. The van der Waals surface area contributed by atoms with Crippen LogP contribution in [0.2, 0.25) is 0 Å². The lowest BCUT2D eigenvalue weighted by Crippen LogP contribution is -2.39. The van der Waals surface area contributed by atoms with E-state index >= 15 is 0 Å². The van der Waals surface area contributed by atoms with E-state index in [1.807, 2.05) is 31.2 Å². The van der Waals surface area contributed by atoms with Crippen LogP contribution in [0.25, 0.3) is 0 Å². The van der Waals surface area contributed by atoms with Gasteiger partial charge in [-0.1, -0.05) is 18.2 Å². The molecule has 3 nitrogen and oxygen atoms in total. The first kappa shape index (κ1) is 13.0. The molecule has 1 aromatic rings. The second kappa shape index (κ2) is 4.85. The van der Waals surface area contributed by atoms with Crippen molar-refractivity contribution in [1.29, 1.82) is 0 Å². The van der Waals surface area contributed by atoms with Crippen molar-refractivity contribution in [3.8, 4) is 0 Å². The topological polar surface area (TPSA) is 52.5 Å². The molecule has 0 aromatic heterocycles. The van der Waals surface area contributed by atoms with Crippen LogP contribution in [0.5, 0.6) is 0 Å². The van der Waals surface area contributed by atoms with E-state index in [1.165, 1.54) is 0 Å². The van der Waals surface area contributed by atoms with Crippen LogP contribution in [0.4, 0.5) is 5.69 Å². The Kier molecular flexibility index (Phi) is 3.94. The molecule has 3 heteroatoms. The second-order valence-electron chi connectivity index (χ2n) is 4.78. The summed E-state index contributed by atoms with van der Waals surface area (Å²) in [6, 6.07) is 7.49. The monoisotopic (exact) mass is 223 g/mol. The minimum absolute atomic E-state index is 0.0904. The molecule has 2 unspecified atom stereocenters. The average Bonchev–Trinajstić information content (AvgIpc) is 2.16. The quantitative estimate of drug-likeness (QED) is 0.734. The largest absolute Gasteiger partial charge is 0.389 e. The van der Waals surface area contributed by atoms with Crippen molar-refractivity contribution in [1.82, 2.24) is 0 Å². The van der Waals surface area contributed by atoms with E-state index in [9.17, 15) is 10.2 Å². The van der Waals surface area contributed by atoms with Crippen molar-refractivity contribution >= 4 is 5.69 Å². The Labute approximate surface area is 97.1 Å². The highest BCUT2D eigenvalue weighted by atomic mass is 16.3. The fraction of sp³-hybridized carbons (Fsp3) is 0.538. The third-order valence-corrected chi connectivity index (χ3v) is 2.84. The van der Waals surface area contributed by atoms with E-state index in [1.54, 1.807) is 20.8 Å². The van der Waals surface area contributed by atoms with Crippen LogP contribution in [0.3, 0.4) is 0 Å². The molecule has 0 saturated carbocycles. The van der Waals surface area contributed by atoms with Gasteiger partial charge in [0.25, 0.3) is 0 Å². The Morgan fingerprint density at radius 3 is 2.25 bits per heavy atom. The van der Waals surface area contributed by atoms with Gasteiger partial charge in [-0.3, -0.25) is 0 Å². The van der Waals surface area contributed by atoms with Gasteiger partial charge in [-0.15, -0.1) is 0 Å². The number of hydrogen-bond donors (Lipinski definition) is 3. The highest BCUT2D eigenvalue weighted by Crippen LogP contribution is 2.24. The molecule has 3 N–H and O–H groups in total. The van der Waals surface area contributed by atoms with Crippen LogP contribution in [0.15, 0.2) is 24.3 Å². The molecule has 0 aliphatic carbocycles. The van der Waals surface area contributed by atoms with Gasteiger partial charge in [-0.25, -0.2) is 0 Å². The van der Waals surface area contributed by atoms with E-state index in [4.69, 9.17) is 0 Å². The number of para-hydroxylation sites is 1. The maximum Gasteiger partial charge on any atom is 0.0789 e. The molecular weight excluding hydrogens is 202 g/mol. The third-order valence-electron chi connectivity index (χ3n) is 2.84. The summed E-state index contributed by atoms with van der Waals surface area (Å²) >= 11 is 0. The van der Waals surface area contributed by atoms with Gasteiger partial charge in [0.2, 0.25) is 0 Å². The van der Waals surface area contributed by atoms with Gasteiger partial charge >= 0.3 is 0 Å². The molecule has 16 heavy (non-hydrogen) atoms. The lowest BCUT2D eigenvalue weighted by atomic mass is 9.99. The van der Waals surface area contributed by atoms with Crippen molar-refractivity contribution in [3.05, 3.63) is 29.8 Å². The Balaban J connectivity index is 2.89. The summed E-state index contributed by atoms with van der Waals surface area (Å²) in [6.07, 6.45) is -0.516. The Morgan fingerprint density at radius 1 is 1.19 bits per heavy atom. The predicted molar refractivity (Wildman–Crippen MR) is 66.5 cm³/mol. The number of benzene rings is 1. The summed E-state index contributed by atoms with van der Waals surface area (Å²) in [6.45, 7) is 7.17. The van der Waals surface area contributed by atoms with Crippen molar-refractivity contribution in [2.75, 3.05) is 5.32 Å². The van der Waals surface area contributed by atoms with Gasteiger partial charge in [-0.2, -0.15) is 0 Å². The molecule has 1 aromatic carbocycles. The molecule has 0 spiro atoms. The molecule has 0 aliphatic rings. The van der Waals surface area contributed by atoms with Gasteiger partial charge in [0, 0.05) is 11.3 Å². The number of nitrogens with one attached hydrogen (secondary N) is 1. The standard InChI is InChI=1S/C13H21NO2/c1-9(15)11-7-5-6-8-12(11)14-10(2)13(3,4)16/h5-10,14-16H,1-4H3. The fourth-order valence-electron chi connectivity index (χ4n) is 1.40. The Morgan fingerprint density at radius 2 is 1.75 bits per heavy atom. The first-order chi connectivity index (χ1) is 7.32. The van der Waals surface area contributed by atoms with Crippen molar-refractivity contribution in [2.24, 2.45) is 0 Å². The lowest BCUT2D eigenvalue weighted by Gasteiger charge is -2.29. The Hall–Kier alpha value is -1.06. The van der Waals surface area contributed by atoms with E-state index < -0.39 is 11.7 Å². The number of aliphatic hydroxyl groups is 2. The van der Waals surface area contributed by atoms with Crippen LogP contribution >= 0.6 is 0 Å². The van der Waals surface area contributed by atoms with Gasteiger partial charge < -0.3 is 15.5 Å². The minimum atomic E-state index is -0.800. The zero-order valence-corrected chi connectivity index (χ0v) is 10.4. The van der Waals surface area contributed by atoms with Crippen LogP contribution in [0.1, 0.15) is 39.4 Å². The van der Waals surface area contributed by atoms with Gasteiger partial charge in [0.1, 0.15) is 0 Å². The summed E-state index contributed by atoms with van der Waals surface area (Å²) in [5, 5.41) is 22.7. The number of anilines is 1.